The Labute approximate surface area is 324 Å². The molecule has 0 aliphatic rings. The van der Waals surface area contributed by atoms with Crippen LogP contribution >= 0.6 is 11.3 Å². The van der Waals surface area contributed by atoms with Crippen LogP contribution in [0.1, 0.15) is 0 Å². The second kappa shape index (κ2) is 14.1. The van der Waals surface area contributed by atoms with E-state index in [-0.39, 0.29) is 0 Å². The highest BCUT2D eigenvalue weighted by Gasteiger charge is 2.17. The van der Waals surface area contributed by atoms with Crippen molar-refractivity contribution in [2.75, 3.05) is 0 Å². The summed E-state index contributed by atoms with van der Waals surface area (Å²) >= 11 is 1.76. The van der Waals surface area contributed by atoms with Crippen molar-refractivity contribution in [1.29, 1.82) is 0 Å². The predicted octanol–water partition coefficient (Wildman–Crippen LogP) is 14.5. The summed E-state index contributed by atoms with van der Waals surface area (Å²) in [5.41, 5.74) is 15.9. The molecule has 0 aliphatic heterocycles. The van der Waals surface area contributed by atoms with E-state index in [1.165, 1.54) is 49.2 Å². The third kappa shape index (κ3) is 6.41. The Morgan fingerprint density at radius 1 is 0.291 bits per heavy atom. The van der Waals surface area contributed by atoms with Crippen LogP contribution in [0.5, 0.6) is 0 Å². The number of benzene rings is 8. The Kier molecular flexibility index (Phi) is 8.40. The van der Waals surface area contributed by atoms with E-state index in [4.69, 9.17) is 9.97 Å². The maximum atomic E-state index is 5.23. The highest BCUT2D eigenvalue weighted by molar-refractivity contribution is 7.26. The Morgan fingerprint density at radius 3 is 1.22 bits per heavy atom. The first-order valence-electron chi connectivity index (χ1n) is 18.6. The molecule has 0 saturated heterocycles. The van der Waals surface area contributed by atoms with Gasteiger partial charge in [-0.2, -0.15) is 0 Å². The molecule has 0 amide bonds. The van der Waals surface area contributed by atoms with Crippen LogP contribution in [0.4, 0.5) is 0 Å². The molecule has 3 heteroatoms. The molecule has 2 aromatic heterocycles. The number of hydrogen-bond donors (Lipinski definition) is 0. The molecule has 10 aromatic rings. The standard InChI is InChI=1S/C52H34N2S/c1-4-15-35(16-5-1)44-32-45(36-17-6-2-7-18-36)34-46(33-44)42-25-13-23-40(30-42)38-21-12-22-39(29-38)41-24-14-26-43(31-41)52-53-49(37-19-8-3-9-20-37)51-50(54-52)47-27-10-11-28-48(47)55-51/h1-34H. The van der Waals surface area contributed by atoms with Gasteiger partial charge in [0.1, 0.15) is 0 Å². The van der Waals surface area contributed by atoms with Crippen molar-refractivity contribution >= 4 is 31.6 Å². The molecule has 258 valence electrons. The van der Waals surface area contributed by atoms with Crippen molar-refractivity contribution in [1.82, 2.24) is 9.97 Å². The fourth-order valence-corrected chi connectivity index (χ4v) is 8.65. The topological polar surface area (TPSA) is 25.8 Å². The van der Waals surface area contributed by atoms with Gasteiger partial charge in [0, 0.05) is 21.2 Å². The van der Waals surface area contributed by atoms with Crippen molar-refractivity contribution in [3.8, 4) is 78.3 Å². The highest BCUT2D eigenvalue weighted by Crippen LogP contribution is 2.40. The van der Waals surface area contributed by atoms with E-state index < -0.39 is 0 Å². The SMILES string of the molecule is c1ccc(-c2cc(-c3ccccc3)cc(-c3cccc(-c4cccc(-c5cccc(-c6nc(-c7ccccc7)c7sc8ccccc8c7n6)c5)c4)c3)c2)cc1. The summed E-state index contributed by atoms with van der Waals surface area (Å²) in [6.07, 6.45) is 0. The van der Waals surface area contributed by atoms with E-state index in [0.29, 0.717) is 0 Å². The summed E-state index contributed by atoms with van der Waals surface area (Å²) in [4.78, 5) is 10.4. The largest absolute Gasteiger partial charge is 0.226 e. The van der Waals surface area contributed by atoms with Gasteiger partial charge in [-0.1, -0.05) is 164 Å². The van der Waals surface area contributed by atoms with Crippen LogP contribution in [-0.2, 0) is 0 Å². The number of hydrogen-bond acceptors (Lipinski definition) is 3. The van der Waals surface area contributed by atoms with Gasteiger partial charge in [0.25, 0.3) is 0 Å². The lowest BCUT2D eigenvalue weighted by atomic mass is 9.91. The Hall–Kier alpha value is -6.94. The third-order valence-corrected chi connectivity index (χ3v) is 11.4. The molecule has 2 nitrogen and oxygen atoms in total. The summed E-state index contributed by atoms with van der Waals surface area (Å²) in [5.74, 6) is 0.730. The molecule has 0 radical (unpaired) electrons. The van der Waals surface area contributed by atoms with E-state index in [0.717, 1.165) is 49.4 Å². The first-order chi connectivity index (χ1) is 27.2. The molecule has 0 bridgehead atoms. The molecule has 0 N–H and O–H groups in total. The van der Waals surface area contributed by atoms with Gasteiger partial charge in [-0.15, -0.1) is 11.3 Å². The Morgan fingerprint density at radius 2 is 0.673 bits per heavy atom. The average molecular weight is 719 g/mol. The van der Waals surface area contributed by atoms with Gasteiger partial charge in [-0.05, 0) is 98.1 Å². The predicted molar refractivity (Wildman–Crippen MR) is 233 cm³/mol. The molecule has 55 heavy (non-hydrogen) atoms. The summed E-state index contributed by atoms with van der Waals surface area (Å²) in [6, 6.07) is 73.5. The number of nitrogens with zero attached hydrogens (tertiary/aromatic N) is 2. The third-order valence-electron chi connectivity index (χ3n) is 10.3. The van der Waals surface area contributed by atoms with Crippen LogP contribution in [0.25, 0.3) is 98.6 Å². The Balaban J connectivity index is 1.03. The monoisotopic (exact) mass is 718 g/mol. The minimum atomic E-state index is 0.730. The second-order valence-corrected chi connectivity index (χ2v) is 14.9. The average Bonchev–Trinajstić information content (AvgIpc) is 3.66. The summed E-state index contributed by atoms with van der Waals surface area (Å²) < 4.78 is 2.33. The minimum Gasteiger partial charge on any atom is -0.226 e. The first kappa shape index (κ1) is 32.7. The zero-order chi connectivity index (χ0) is 36.6. The van der Waals surface area contributed by atoms with Gasteiger partial charge >= 0.3 is 0 Å². The molecular formula is C52H34N2S. The molecule has 0 atom stereocenters. The minimum absolute atomic E-state index is 0.730. The quantitative estimate of drug-likeness (QED) is 0.164. The molecule has 0 spiro atoms. The van der Waals surface area contributed by atoms with Gasteiger partial charge in [0.15, 0.2) is 5.82 Å². The van der Waals surface area contributed by atoms with Crippen molar-refractivity contribution in [3.63, 3.8) is 0 Å². The van der Waals surface area contributed by atoms with Gasteiger partial charge in [0.2, 0.25) is 0 Å². The summed E-state index contributed by atoms with van der Waals surface area (Å²) in [7, 11) is 0. The highest BCUT2D eigenvalue weighted by atomic mass is 32.1. The molecule has 0 unspecified atom stereocenters. The fourth-order valence-electron chi connectivity index (χ4n) is 7.49. The van der Waals surface area contributed by atoms with Crippen molar-refractivity contribution < 1.29 is 0 Å². The molecule has 0 saturated carbocycles. The fraction of sp³-hybridized carbons (Fsp3) is 0. The maximum Gasteiger partial charge on any atom is 0.160 e. The summed E-state index contributed by atoms with van der Waals surface area (Å²) in [6.45, 7) is 0. The molecule has 8 aromatic carbocycles. The molecule has 2 heterocycles. The normalized spacial score (nSPS) is 11.3. The summed E-state index contributed by atoms with van der Waals surface area (Å²) in [5, 5.41) is 1.16. The van der Waals surface area contributed by atoms with Gasteiger partial charge in [-0.25, -0.2) is 9.97 Å². The van der Waals surface area contributed by atoms with Crippen LogP contribution in [0.15, 0.2) is 206 Å². The number of rotatable bonds is 7. The second-order valence-electron chi connectivity index (χ2n) is 13.8. The Bertz CT molecular complexity index is 2910. The van der Waals surface area contributed by atoms with Crippen LogP contribution < -0.4 is 0 Å². The van der Waals surface area contributed by atoms with Crippen LogP contribution in [0.2, 0.25) is 0 Å². The van der Waals surface area contributed by atoms with Gasteiger partial charge in [0.05, 0.1) is 15.9 Å². The van der Waals surface area contributed by atoms with Crippen LogP contribution in [0, 0.1) is 0 Å². The molecule has 0 fully saturated rings. The number of thiophene rings is 1. The van der Waals surface area contributed by atoms with Crippen molar-refractivity contribution in [2.24, 2.45) is 0 Å². The van der Waals surface area contributed by atoms with E-state index in [9.17, 15) is 0 Å². The first-order valence-corrected chi connectivity index (χ1v) is 19.4. The van der Waals surface area contributed by atoms with E-state index in [1.54, 1.807) is 11.3 Å². The van der Waals surface area contributed by atoms with Gasteiger partial charge < -0.3 is 0 Å². The number of aromatic nitrogens is 2. The van der Waals surface area contributed by atoms with E-state index >= 15 is 0 Å². The van der Waals surface area contributed by atoms with Crippen molar-refractivity contribution in [2.45, 2.75) is 0 Å². The lowest BCUT2D eigenvalue weighted by Crippen LogP contribution is -1.94. The van der Waals surface area contributed by atoms with E-state index in [1.807, 2.05) is 6.07 Å². The lowest BCUT2D eigenvalue weighted by molar-refractivity contribution is 1.24. The van der Waals surface area contributed by atoms with Gasteiger partial charge in [-0.3, -0.25) is 0 Å². The van der Waals surface area contributed by atoms with Crippen LogP contribution in [0.3, 0.4) is 0 Å². The molecule has 0 aliphatic carbocycles. The molecular weight excluding hydrogens is 685 g/mol. The zero-order valence-corrected chi connectivity index (χ0v) is 30.7. The zero-order valence-electron chi connectivity index (χ0n) is 29.9. The maximum absolute atomic E-state index is 5.23. The molecule has 10 rings (SSSR count). The smallest absolute Gasteiger partial charge is 0.160 e. The van der Waals surface area contributed by atoms with Crippen LogP contribution in [-0.4, -0.2) is 9.97 Å². The lowest BCUT2D eigenvalue weighted by Gasteiger charge is -2.13. The number of fused-ring (bicyclic) bond motifs is 3. The van der Waals surface area contributed by atoms with E-state index in [2.05, 4.69) is 200 Å². The van der Waals surface area contributed by atoms with Crippen molar-refractivity contribution in [3.05, 3.63) is 206 Å².